The van der Waals surface area contributed by atoms with E-state index in [1.165, 1.54) is 5.56 Å². The molecule has 3 rings (SSSR count). The maximum Gasteiger partial charge on any atom is 0.0859 e. The van der Waals surface area contributed by atoms with Crippen LogP contribution in [-0.4, -0.2) is 10.1 Å². The molecule has 0 aliphatic rings. The first-order chi connectivity index (χ1) is 10.7. The maximum absolute atomic E-state index is 9.80. The molecule has 1 N–H and O–H groups in total. The standard InChI is InChI=1S/C20H19NO/c1-14-15(2)20(17-11-7-4-8-12-17)21-18(13-22)19(14)16-9-5-3-6-10-16/h3-12,22H,13H2,1-2H3. The number of pyridine rings is 1. The van der Waals surface area contributed by atoms with Crippen molar-refractivity contribution in [2.24, 2.45) is 0 Å². The summed E-state index contributed by atoms with van der Waals surface area (Å²) in [6, 6.07) is 20.3. The summed E-state index contributed by atoms with van der Waals surface area (Å²) in [5.41, 5.74) is 7.22. The van der Waals surface area contributed by atoms with Gasteiger partial charge in [0, 0.05) is 11.1 Å². The summed E-state index contributed by atoms with van der Waals surface area (Å²) in [4.78, 5) is 4.75. The second-order valence-electron chi connectivity index (χ2n) is 5.42. The number of rotatable bonds is 3. The van der Waals surface area contributed by atoms with Gasteiger partial charge in [0.25, 0.3) is 0 Å². The minimum atomic E-state index is -0.0643. The second-order valence-corrected chi connectivity index (χ2v) is 5.42. The van der Waals surface area contributed by atoms with Crippen molar-refractivity contribution in [2.45, 2.75) is 20.5 Å². The van der Waals surface area contributed by atoms with Crippen LogP contribution in [0.4, 0.5) is 0 Å². The Hall–Kier alpha value is -2.45. The molecule has 3 aromatic rings. The highest BCUT2D eigenvalue weighted by atomic mass is 16.3. The second kappa shape index (κ2) is 6.12. The number of hydrogen-bond acceptors (Lipinski definition) is 2. The number of aliphatic hydroxyl groups is 1. The van der Waals surface area contributed by atoms with Gasteiger partial charge in [0.2, 0.25) is 0 Å². The van der Waals surface area contributed by atoms with E-state index in [4.69, 9.17) is 4.98 Å². The molecule has 0 spiro atoms. The van der Waals surface area contributed by atoms with Crippen LogP contribution < -0.4 is 0 Å². The van der Waals surface area contributed by atoms with Crippen LogP contribution >= 0.6 is 0 Å². The lowest BCUT2D eigenvalue weighted by molar-refractivity contribution is 0.277. The average molecular weight is 289 g/mol. The molecule has 2 aromatic carbocycles. The van der Waals surface area contributed by atoms with Crippen molar-refractivity contribution in [2.75, 3.05) is 0 Å². The van der Waals surface area contributed by atoms with Gasteiger partial charge in [0.05, 0.1) is 18.0 Å². The predicted octanol–water partition coefficient (Wildman–Crippen LogP) is 4.52. The molecular weight excluding hydrogens is 270 g/mol. The molecule has 0 saturated carbocycles. The Morgan fingerprint density at radius 1 is 0.773 bits per heavy atom. The molecule has 0 atom stereocenters. The van der Waals surface area contributed by atoms with E-state index in [1.54, 1.807) is 0 Å². The normalized spacial score (nSPS) is 10.7. The fraction of sp³-hybridized carbons (Fsp3) is 0.150. The van der Waals surface area contributed by atoms with Crippen LogP contribution in [0.5, 0.6) is 0 Å². The molecule has 0 aliphatic carbocycles. The lowest BCUT2D eigenvalue weighted by atomic mass is 9.93. The van der Waals surface area contributed by atoms with Crippen LogP contribution in [0.1, 0.15) is 16.8 Å². The Morgan fingerprint density at radius 3 is 1.86 bits per heavy atom. The molecule has 0 unspecified atom stereocenters. The minimum absolute atomic E-state index is 0.0643. The average Bonchev–Trinajstić information content (AvgIpc) is 2.58. The largest absolute Gasteiger partial charge is 0.390 e. The van der Waals surface area contributed by atoms with Gasteiger partial charge in [-0.15, -0.1) is 0 Å². The van der Waals surface area contributed by atoms with E-state index < -0.39 is 0 Å². The summed E-state index contributed by atoms with van der Waals surface area (Å²) >= 11 is 0. The Bertz CT molecular complexity index is 780. The molecule has 22 heavy (non-hydrogen) atoms. The van der Waals surface area contributed by atoms with Gasteiger partial charge in [-0.2, -0.15) is 0 Å². The lowest BCUT2D eigenvalue weighted by Gasteiger charge is -2.17. The zero-order valence-electron chi connectivity index (χ0n) is 12.9. The first-order valence-electron chi connectivity index (χ1n) is 7.44. The zero-order valence-corrected chi connectivity index (χ0v) is 12.9. The van der Waals surface area contributed by atoms with E-state index in [0.29, 0.717) is 0 Å². The zero-order chi connectivity index (χ0) is 15.5. The van der Waals surface area contributed by atoms with Gasteiger partial charge in [-0.1, -0.05) is 60.7 Å². The molecule has 0 aliphatic heterocycles. The lowest BCUT2D eigenvalue weighted by Crippen LogP contribution is -2.03. The van der Waals surface area contributed by atoms with E-state index >= 15 is 0 Å². The van der Waals surface area contributed by atoms with Crippen molar-refractivity contribution in [3.8, 4) is 22.4 Å². The molecule has 2 nitrogen and oxygen atoms in total. The van der Waals surface area contributed by atoms with Gasteiger partial charge in [-0.05, 0) is 30.5 Å². The van der Waals surface area contributed by atoms with E-state index in [2.05, 4.69) is 38.1 Å². The monoisotopic (exact) mass is 289 g/mol. The summed E-state index contributed by atoms with van der Waals surface area (Å²) in [5.74, 6) is 0. The van der Waals surface area contributed by atoms with E-state index in [-0.39, 0.29) is 6.61 Å². The highest BCUT2D eigenvalue weighted by Gasteiger charge is 2.16. The van der Waals surface area contributed by atoms with Gasteiger partial charge in [0.1, 0.15) is 0 Å². The van der Waals surface area contributed by atoms with E-state index in [9.17, 15) is 5.11 Å². The first-order valence-corrected chi connectivity index (χ1v) is 7.44. The van der Waals surface area contributed by atoms with Crippen molar-refractivity contribution in [3.63, 3.8) is 0 Å². The minimum Gasteiger partial charge on any atom is -0.390 e. The smallest absolute Gasteiger partial charge is 0.0859 e. The van der Waals surface area contributed by atoms with Crippen LogP contribution in [0.3, 0.4) is 0 Å². The van der Waals surface area contributed by atoms with Gasteiger partial charge in [0.15, 0.2) is 0 Å². The molecule has 1 heterocycles. The van der Waals surface area contributed by atoms with Gasteiger partial charge < -0.3 is 5.11 Å². The molecule has 0 amide bonds. The quantitative estimate of drug-likeness (QED) is 0.768. The molecule has 0 saturated heterocycles. The van der Waals surface area contributed by atoms with Gasteiger partial charge in [-0.3, -0.25) is 0 Å². The maximum atomic E-state index is 9.80. The van der Waals surface area contributed by atoms with Crippen molar-refractivity contribution >= 4 is 0 Å². The Balaban J connectivity index is 2.25. The number of benzene rings is 2. The molecule has 2 heteroatoms. The predicted molar refractivity (Wildman–Crippen MR) is 90.5 cm³/mol. The topological polar surface area (TPSA) is 33.1 Å². The summed E-state index contributed by atoms with van der Waals surface area (Å²) in [6.45, 7) is 4.13. The third kappa shape index (κ3) is 2.53. The van der Waals surface area contributed by atoms with Crippen molar-refractivity contribution in [1.82, 2.24) is 4.98 Å². The molecule has 0 radical (unpaired) electrons. The number of hydrogen-bond donors (Lipinski definition) is 1. The summed E-state index contributed by atoms with van der Waals surface area (Å²) in [6.07, 6.45) is 0. The summed E-state index contributed by atoms with van der Waals surface area (Å²) in [5, 5.41) is 9.80. The highest BCUT2D eigenvalue weighted by Crippen LogP contribution is 2.33. The number of nitrogens with zero attached hydrogens (tertiary/aromatic N) is 1. The number of aromatic nitrogens is 1. The highest BCUT2D eigenvalue weighted by molar-refractivity contribution is 5.76. The van der Waals surface area contributed by atoms with Crippen LogP contribution in [0, 0.1) is 13.8 Å². The molecule has 110 valence electrons. The molecule has 1 aromatic heterocycles. The van der Waals surface area contributed by atoms with Crippen LogP contribution in [0.15, 0.2) is 60.7 Å². The molecule has 0 bridgehead atoms. The van der Waals surface area contributed by atoms with Crippen molar-refractivity contribution in [3.05, 3.63) is 77.5 Å². The fourth-order valence-electron chi connectivity index (χ4n) is 2.84. The Kier molecular flexibility index (Phi) is 4.03. The molecular formula is C20H19NO. The SMILES string of the molecule is Cc1c(-c2ccccc2)nc(CO)c(-c2ccccc2)c1C. The van der Waals surface area contributed by atoms with Crippen molar-refractivity contribution < 1.29 is 5.11 Å². The third-order valence-corrected chi connectivity index (χ3v) is 4.09. The summed E-state index contributed by atoms with van der Waals surface area (Å²) in [7, 11) is 0. The van der Waals surface area contributed by atoms with Gasteiger partial charge >= 0.3 is 0 Å². The van der Waals surface area contributed by atoms with E-state index in [1.807, 2.05) is 36.4 Å². The Labute approximate surface area is 131 Å². The van der Waals surface area contributed by atoms with Crippen LogP contribution in [0.2, 0.25) is 0 Å². The van der Waals surface area contributed by atoms with Crippen molar-refractivity contribution in [1.29, 1.82) is 0 Å². The fourth-order valence-corrected chi connectivity index (χ4v) is 2.84. The van der Waals surface area contributed by atoms with Crippen LogP contribution in [-0.2, 0) is 6.61 Å². The van der Waals surface area contributed by atoms with E-state index in [0.717, 1.165) is 33.6 Å². The van der Waals surface area contributed by atoms with Crippen LogP contribution in [0.25, 0.3) is 22.4 Å². The van der Waals surface area contributed by atoms with Gasteiger partial charge in [-0.25, -0.2) is 4.98 Å². The number of aliphatic hydroxyl groups excluding tert-OH is 1. The Morgan fingerprint density at radius 2 is 1.32 bits per heavy atom. The molecule has 0 fully saturated rings. The summed E-state index contributed by atoms with van der Waals surface area (Å²) < 4.78 is 0. The third-order valence-electron chi connectivity index (χ3n) is 4.09. The first kappa shape index (κ1) is 14.5.